The maximum absolute atomic E-state index is 14.1. The molecule has 0 saturated heterocycles. The molecular weight excluding hydrogens is 357 g/mol. The smallest absolute Gasteiger partial charge is 0.341 e. The molecule has 1 heterocycles. The number of carbonyl (C=O) groups excluding carboxylic acids is 1. The van der Waals surface area contributed by atoms with Crippen molar-refractivity contribution >= 4 is 17.1 Å². The molecule has 3 rings (SSSR count). The van der Waals surface area contributed by atoms with Crippen molar-refractivity contribution in [2.45, 2.75) is 46.0 Å². The van der Waals surface area contributed by atoms with Gasteiger partial charge in [-0.1, -0.05) is 19.4 Å². The average Bonchev–Trinajstić information content (AvgIpc) is 3.19. The van der Waals surface area contributed by atoms with E-state index in [4.69, 9.17) is 9.47 Å². The summed E-state index contributed by atoms with van der Waals surface area (Å²) in [6, 6.07) is 8.59. The summed E-state index contributed by atoms with van der Waals surface area (Å²) in [6.07, 6.45) is 6.53. The highest BCUT2D eigenvalue weighted by Gasteiger charge is 2.23. The minimum Gasteiger partial charge on any atom is -0.477 e. The first-order valence-electron chi connectivity index (χ1n) is 9.93. The van der Waals surface area contributed by atoms with E-state index < -0.39 is 11.8 Å². The van der Waals surface area contributed by atoms with Crippen molar-refractivity contribution in [3.8, 4) is 5.88 Å². The average molecular weight is 383 g/mol. The highest BCUT2D eigenvalue weighted by molar-refractivity contribution is 5.96. The molecule has 1 aliphatic rings. The van der Waals surface area contributed by atoms with Crippen LogP contribution in [0.1, 0.15) is 67.4 Å². The fourth-order valence-electron chi connectivity index (χ4n) is 3.49. The van der Waals surface area contributed by atoms with Crippen LogP contribution in [0.5, 0.6) is 5.88 Å². The van der Waals surface area contributed by atoms with Crippen LogP contribution in [0.15, 0.2) is 36.5 Å². The topological polar surface area (TPSA) is 48.4 Å². The second-order valence-electron chi connectivity index (χ2n) is 6.78. The van der Waals surface area contributed by atoms with Gasteiger partial charge in [0, 0.05) is 11.8 Å². The molecular formula is C23H26FNO3. The van der Waals surface area contributed by atoms with E-state index in [9.17, 15) is 9.18 Å². The third-order valence-corrected chi connectivity index (χ3v) is 4.86. The molecule has 0 fully saturated rings. The van der Waals surface area contributed by atoms with E-state index in [1.165, 1.54) is 6.07 Å². The number of aromatic nitrogens is 1. The quantitative estimate of drug-likeness (QED) is 0.435. The van der Waals surface area contributed by atoms with Crippen molar-refractivity contribution in [1.29, 1.82) is 0 Å². The molecule has 4 nitrogen and oxygen atoms in total. The number of hydrogen-bond acceptors (Lipinski definition) is 4. The van der Waals surface area contributed by atoms with Crippen molar-refractivity contribution in [3.05, 3.63) is 59.0 Å². The molecule has 2 aromatic rings. The summed E-state index contributed by atoms with van der Waals surface area (Å²) >= 11 is 0. The summed E-state index contributed by atoms with van der Waals surface area (Å²) < 4.78 is 25.0. The molecule has 0 aliphatic heterocycles. The Hall–Kier alpha value is -2.69. The van der Waals surface area contributed by atoms with Gasteiger partial charge >= 0.3 is 5.97 Å². The number of benzene rings is 1. The van der Waals surface area contributed by atoms with Gasteiger partial charge in [-0.05, 0) is 73.6 Å². The lowest BCUT2D eigenvalue weighted by molar-refractivity contribution is 0.0521. The van der Waals surface area contributed by atoms with Gasteiger partial charge in [0.15, 0.2) is 0 Å². The maximum atomic E-state index is 14.1. The number of pyridine rings is 1. The van der Waals surface area contributed by atoms with Gasteiger partial charge in [-0.25, -0.2) is 14.2 Å². The second kappa shape index (κ2) is 9.49. The van der Waals surface area contributed by atoms with Gasteiger partial charge in [-0.3, -0.25) is 0 Å². The van der Waals surface area contributed by atoms with E-state index in [1.54, 1.807) is 25.3 Å². The van der Waals surface area contributed by atoms with E-state index >= 15 is 0 Å². The standard InChI is InChI=1S/C23H26FNO3/c1-3-5-14-28-22-19(10-7-13-25-22)18-9-6-8-17(18)16-11-12-21(24)20(15-16)23(26)27-4-2/h7,10-13,15H,3-6,8-9,14H2,1-2H3. The first-order valence-corrected chi connectivity index (χ1v) is 9.93. The Morgan fingerprint density at radius 3 is 2.79 bits per heavy atom. The maximum Gasteiger partial charge on any atom is 0.341 e. The largest absolute Gasteiger partial charge is 0.477 e. The van der Waals surface area contributed by atoms with Crippen LogP contribution >= 0.6 is 0 Å². The second-order valence-corrected chi connectivity index (χ2v) is 6.78. The number of ether oxygens (including phenoxy) is 2. The number of nitrogens with zero attached hydrogens (tertiary/aromatic N) is 1. The molecule has 0 amide bonds. The van der Waals surface area contributed by atoms with Gasteiger partial charge in [0.25, 0.3) is 0 Å². The molecule has 5 heteroatoms. The number of allylic oxidation sites excluding steroid dienone is 2. The summed E-state index contributed by atoms with van der Waals surface area (Å²) in [7, 11) is 0. The Balaban J connectivity index is 1.99. The van der Waals surface area contributed by atoms with Gasteiger partial charge in [-0.2, -0.15) is 0 Å². The predicted molar refractivity (Wildman–Crippen MR) is 108 cm³/mol. The fourth-order valence-corrected chi connectivity index (χ4v) is 3.49. The molecule has 0 unspecified atom stereocenters. The third-order valence-electron chi connectivity index (χ3n) is 4.86. The lowest BCUT2D eigenvalue weighted by Crippen LogP contribution is -2.08. The van der Waals surface area contributed by atoms with E-state index in [1.807, 2.05) is 12.1 Å². The van der Waals surface area contributed by atoms with E-state index in [-0.39, 0.29) is 12.2 Å². The van der Waals surface area contributed by atoms with E-state index in [2.05, 4.69) is 11.9 Å². The number of esters is 1. The van der Waals surface area contributed by atoms with Crippen molar-refractivity contribution in [2.75, 3.05) is 13.2 Å². The lowest BCUT2D eigenvalue weighted by atomic mass is 9.96. The molecule has 1 aromatic carbocycles. The van der Waals surface area contributed by atoms with Gasteiger partial charge in [0.2, 0.25) is 5.88 Å². The first-order chi connectivity index (χ1) is 13.7. The monoisotopic (exact) mass is 383 g/mol. The van der Waals surface area contributed by atoms with Gasteiger partial charge in [-0.15, -0.1) is 0 Å². The van der Waals surface area contributed by atoms with Crippen LogP contribution in [0, 0.1) is 5.82 Å². The fraction of sp³-hybridized carbons (Fsp3) is 0.391. The molecule has 148 valence electrons. The zero-order chi connectivity index (χ0) is 19.9. The van der Waals surface area contributed by atoms with Crippen molar-refractivity contribution in [3.63, 3.8) is 0 Å². The Labute approximate surface area is 165 Å². The molecule has 0 N–H and O–H groups in total. The number of hydrogen-bond donors (Lipinski definition) is 0. The highest BCUT2D eigenvalue weighted by atomic mass is 19.1. The number of halogens is 1. The van der Waals surface area contributed by atoms with Crippen molar-refractivity contribution in [2.24, 2.45) is 0 Å². The Morgan fingerprint density at radius 1 is 1.18 bits per heavy atom. The van der Waals surface area contributed by atoms with Crippen LogP contribution < -0.4 is 4.74 Å². The van der Waals surface area contributed by atoms with Crippen molar-refractivity contribution in [1.82, 2.24) is 4.98 Å². The van der Waals surface area contributed by atoms with Crippen LogP contribution in [0.4, 0.5) is 4.39 Å². The number of carbonyl (C=O) groups is 1. The molecule has 1 aromatic heterocycles. The van der Waals surface area contributed by atoms with Crippen LogP contribution in [-0.4, -0.2) is 24.2 Å². The van der Waals surface area contributed by atoms with Crippen molar-refractivity contribution < 1.29 is 18.7 Å². The minimum absolute atomic E-state index is 0.0243. The van der Waals surface area contributed by atoms with Crippen LogP contribution in [-0.2, 0) is 4.74 Å². The Bertz CT molecular complexity index is 876. The third kappa shape index (κ3) is 4.41. The van der Waals surface area contributed by atoms with E-state index in [0.29, 0.717) is 12.5 Å². The molecule has 0 bridgehead atoms. The number of unbranched alkanes of at least 4 members (excludes halogenated alkanes) is 1. The SMILES string of the molecule is CCCCOc1ncccc1C1=C(c2ccc(F)c(C(=O)OCC)c2)CCC1. The Morgan fingerprint density at radius 2 is 2.00 bits per heavy atom. The summed E-state index contributed by atoms with van der Waals surface area (Å²) in [4.78, 5) is 16.5. The van der Waals surface area contributed by atoms with Crippen LogP contribution in [0.3, 0.4) is 0 Å². The summed E-state index contributed by atoms with van der Waals surface area (Å²) in [6.45, 7) is 4.67. The zero-order valence-electron chi connectivity index (χ0n) is 16.5. The molecule has 1 aliphatic carbocycles. The minimum atomic E-state index is -0.632. The van der Waals surface area contributed by atoms with E-state index in [0.717, 1.165) is 54.4 Å². The normalized spacial score (nSPS) is 13.7. The number of rotatable bonds is 8. The Kier molecular flexibility index (Phi) is 6.80. The molecule has 0 saturated carbocycles. The molecule has 0 spiro atoms. The molecule has 0 radical (unpaired) electrons. The first kappa shape index (κ1) is 20.1. The summed E-state index contributed by atoms with van der Waals surface area (Å²) in [5, 5.41) is 0. The zero-order valence-corrected chi connectivity index (χ0v) is 16.5. The van der Waals surface area contributed by atoms with Gasteiger partial charge in [0.1, 0.15) is 5.82 Å². The summed E-state index contributed by atoms with van der Waals surface area (Å²) in [5.74, 6) is -0.558. The predicted octanol–water partition coefficient (Wildman–Crippen LogP) is 5.67. The van der Waals surface area contributed by atoms with Gasteiger partial charge < -0.3 is 9.47 Å². The molecule has 28 heavy (non-hydrogen) atoms. The molecule has 0 atom stereocenters. The van der Waals surface area contributed by atoms with Crippen LogP contribution in [0.25, 0.3) is 11.1 Å². The lowest BCUT2D eigenvalue weighted by Gasteiger charge is -2.14. The van der Waals surface area contributed by atoms with Gasteiger partial charge in [0.05, 0.1) is 18.8 Å². The van der Waals surface area contributed by atoms with Crippen LogP contribution in [0.2, 0.25) is 0 Å². The summed E-state index contributed by atoms with van der Waals surface area (Å²) in [5.41, 5.74) is 4.07. The highest BCUT2D eigenvalue weighted by Crippen LogP contribution is 2.42.